The predicted molar refractivity (Wildman–Crippen MR) is 75.6 cm³/mol. The van der Waals surface area contributed by atoms with Gasteiger partial charge in [0.1, 0.15) is 0 Å². The summed E-state index contributed by atoms with van der Waals surface area (Å²) in [4.78, 5) is 0. The Balaban J connectivity index is 2.58. The highest BCUT2D eigenvalue weighted by molar-refractivity contribution is 5.42. The van der Waals surface area contributed by atoms with Crippen molar-refractivity contribution in [2.75, 3.05) is 0 Å². The Morgan fingerprint density at radius 2 is 1.47 bits per heavy atom. The van der Waals surface area contributed by atoms with Gasteiger partial charge in [-0.3, -0.25) is 0 Å². The van der Waals surface area contributed by atoms with Crippen molar-refractivity contribution in [3.8, 4) is 0 Å². The van der Waals surface area contributed by atoms with Gasteiger partial charge in [0.15, 0.2) is 0 Å². The largest absolute Gasteiger partial charge is 0.0645 e. The van der Waals surface area contributed by atoms with Crippen molar-refractivity contribution in [3.05, 3.63) is 35.4 Å². The number of hydrogen-bond donors (Lipinski definition) is 0. The fourth-order valence-electron chi connectivity index (χ4n) is 3.61. The molecule has 17 heavy (non-hydrogen) atoms. The van der Waals surface area contributed by atoms with Crippen LogP contribution < -0.4 is 0 Å². The van der Waals surface area contributed by atoms with Gasteiger partial charge in [-0.25, -0.2) is 0 Å². The third-order valence-electron chi connectivity index (χ3n) is 5.44. The van der Waals surface area contributed by atoms with Crippen molar-refractivity contribution >= 4 is 0 Å². The Morgan fingerprint density at radius 3 is 2.00 bits per heavy atom. The van der Waals surface area contributed by atoms with E-state index in [0.29, 0.717) is 10.8 Å². The molecule has 1 aromatic carbocycles. The lowest BCUT2D eigenvalue weighted by Crippen LogP contribution is -2.38. The number of hydrogen-bond acceptors (Lipinski definition) is 0. The molecular formula is C17H26. The van der Waals surface area contributed by atoms with Crippen molar-refractivity contribution in [2.24, 2.45) is 0 Å². The maximum absolute atomic E-state index is 2.45. The van der Waals surface area contributed by atoms with Gasteiger partial charge in [0.2, 0.25) is 0 Å². The summed E-state index contributed by atoms with van der Waals surface area (Å²) in [5.74, 6) is 0. The Kier molecular flexibility index (Phi) is 3.34. The van der Waals surface area contributed by atoms with E-state index in [1.54, 1.807) is 11.1 Å². The fourth-order valence-corrected chi connectivity index (χ4v) is 3.61. The quantitative estimate of drug-likeness (QED) is 0.669. The molecule has 0 saturated carbocycles. The highest BCUT2D eigenvalue weighted by Gasteiger charge is 2.41. The van der Waals surface area contributed by atoms with Gasteiger partial charge in [0.25, 0.3) is 0 Å². The Morgan fingerprint density at radius 1 is 0.882 bits per heavy atom. The molecule has 0 N–H and O–H groups in total. The minimum Gasteiger partial charge on any atom is -0.0645 e. The van der Waals surface area contributed by atoms with E-state index in [9.17, 15) is 0 Å². The molecule has 0 bridgehead atoms. The molecule has 0 saturated heterocycles. The van der Waals surface area contributed by atoms with Crippen LogP contribution in [0.1, 0.15) is 70.9 Å². The van der Waals surface area contributed by atoms with Gasteiger partial charge in [-0.15, -0.1) is 0 Å². The molecule has 1 aliphatic rings. The van der Waals surface area contributed by atoms with Crippen molar-refractivity contribution in [1.82, 2.24) is 0 Å². The minimum atomic E-state index is 0.407. The highest BCUT2D eigenvalue weighted by Crippen LogP contribution is 2.50. The summed E-state index contributed by atoms with van der Waals surface area (Å²) in [6, 6.07) is 9.20. The van der Waals surface area contributed by atoms with Crippen LogP contribution in [-0.2, 0) is 10.8 Å². The highest BCUT2D eigenvalue weighted by atomic mass is 14.5. The van der Waals surface area contributed by atoms with Crippen molar-refractivity contribution in [1.29, 1.82) is 0 Å². The molecule has 0 heteroatoms. The van der Waals surface area contributed by atoms with Gasteiger partial charge in [-0.2, -0.15) is 0 Å². The number of rotatable bonds is 3. The lowest BCUT2D eigenvalue weighted by atomic mass is 9.58. The Labute approximate surface area is 106 Å². The average Bonchev–Trinajstić information content (AvgIpc) is 2.40. The molecule has 0 fully saturated rings. The second kappa shape index (κ2) is 4.48. The smallest absolute Gasteiger partial charge is 0.00489 e. The van der Waals surface area contributed by atoms with Crippen LogP contribution in [0.5, 0.6) is 0 Å². The van der Waals surface area contributed by atoms with Crippen LogP contribution >= 0.6 is 0 Å². The third kappa shape index (κ3) is 1.82. The average molecular weight is 230 g/mol. The monoisotopic (exact) mass is 230 g/mol. The van der Waals surface area contributed by atoms with Crippen LogP contribution in [0.15, 0.2) is 24.3 Å². The molecule has 0 aromatic heterocycles. The molecule has 94 valence electrons. The van der Waals surface area contributed by atoms with Crippen molar-refractivity contribution < 1.29 is 0 Å². The molecule has 0 heterocycles. The van der Waals surface area contributed by atoms with Crippen LogP contribution in [0.3, 0.4) is 0 Å². The molecule has 0 radical (unpaired) electrons. The van der Waals surface area contributed by atoms with E-state index in [0.717, 1.165) is 0 Å². The van der Waals surface area contributed by atoms with E-state index in [1.165, 1.54) is 32.1 Å². The third-order valence-corrected chi connectivity index (χ3v) is 5.44. The van der Waals surface area contributed by atoms with E-state index in [2.05, 4.69) is 52.0 Å². The van der Waals surface area contributed by atoms with Gasteiger partial charge in [-0.1, -0.05) is 52.0 Å². The first-order valence-electron chi connectivity index (χ1n) is 7.22. The van der Waals surface area contributed by atoms with Gasteiger partial charge in [0.05, 0.1) is 0 Å². The second-order valence-corrected chi connectivity index (χ2v) is 5.95. The molecule has 1 aromatic rings. The SMILES string of the molecule is CCC1(C)CCC(CC)(CC)c2ccccc21. The van der Waals surface area contributed by atoms with Crippen LogP contribution in [0.2, 0.25) is 0 Å². The predicted octanol–water partition coefficient (Wildman–Crippen LogP) is 5.21. The van der Waals surface area contributed by atoms with Gasteiger partial charge >= 0.3 is 0 Å². The van der Waals surface area contributed by atoms with E-state index in [1.807, 2.05) is 0 Å². The fraction of sp³-hybridized carbons (Fsp3) is 0.647. The first-order chi connectivity index (χ1) is 8.12. The summed E-state index contributed by atoms with van der Waals surface area (Å²) in [5.41, 5.74) is 4.12. The summed E-state index contributed by atoms with van der Waals surface area (Å²) in [6.45, 7) is 9.49. The molecule has 1 aliphatic carbocycles. The second-order valence-electron chi connectivity index (χ2n) is 5.95. The van der Waals surface area contributed by atoms with Crippen LogP contribution in [0, 0.1) is 0 Å². The van der Waals surface area contributed by atoms with E-state index in [4.69, 9.17) is 0 Å². The molecular weight excluding hydrogens is 204 g/mol. The first-order valence-corrected chi connectivity index (χ1v) is 7.22. The van der Waals surface area contributed by atoms with Crippen LogP contribution in [0.4, 0.5) is 0 Å². The summed E-state index contributed by atoms with van der Waals surface area (Å²) < 4.78 is 0. The van der Waals surface area contributed by atoms with Gasteiger partial charge in [-0.05, 0) is 54.1 Å². The zero-order valence-electron chi connectivity index (χ0n) is 11.8. The van der Waals surface area contributed by atoms with Gasteiger partial charge < -0.3 is 0 Å². The Hall–Kier alpha value is -0.780. The number of benzene rings is 1. The normalized spacial score (nSPS) is 26.6. The van der Waals surface area contributed by atoms with Crippen LogP contribution in [0.25, 0.3) is 0 Å². The topological polar surface area (TPSA) is 0 Å². The van der Waals surface area contributed by atoms with E-state index in [-0.39, 0.29) is 0 Å². The van der Waals surface area contributed by atoms with E-state index >= 15 is 0 Å². The first kappa shape index (κ1) is 12.7. The summed E-state index contributed by atoms with van der Waals surface area (Å²) in [6.07, 6.45) is 6.53. The maximum Gasteiger partial charge on any atom is -0.00489 e. The standard InChI is InChI=1S/C17H26/c1-5-16(4)12-13-17(6-2,7-3)15-11-9-8-10-14(15)16/h8-11H,5-7,12-13H2,1-4H3. The molecule has 1 unspecified atom stereocenters. The summed E-state index contributed by atoms with van der Waals surface area (Å²) in [7, 11) is 0. The maximum atomic E-state index is 2.45. The minimum absolute atomic E-state index is 0.407. The van der Waals surface area contributed by atoms with Gasteiger partial charge in [0, 0.05) is 0 Å². The summed E-state index contributed by atoms with van der Waals surface area (Å²) >= 11 is 0. The molecule has 0 nitrogen and oxygen atoms in total. The molecule has 0 aliphatic heterocycles. The zero-order chi connectivity index (χ0) is 12.5. The van der Waals surface area contributed by atoms with Crippen molar-refractivity contribution in [3.63, 3.8) is 0 Å². The zero-order valence-corrected chi connectivity index (χ0v) is 11.8. The molecule has 2 rings (SSSR count). The Bertz CT molecular complexity index is 387. The number of fused-ring (bicyclic) bond motifs is 1. The lowest BCUT2D eigenvalue weighted by molar-refractivity contribution is 0.259. The summed E-state index contributed by atoms with van der Waals surface area (Å²) in [5, 5.41) is 0. The molecule has 0 spiro atoms. The van der Waals surface area contributed by atoms with Crippen molar-refractivity contribution in [2.45, 2.75) is 70.6 Å². The molecule has 1 atom stereocenters. The van der Waals surface area contributed by atoms with E-state index < -0.39 is 0 Å². The lowest BCUT2D eigenvalue weighted by Gasteiger charge is -2.46. The van der Waals surface area contributed by atoms with Crippen LogP contribution in [-0.4, -0.2) is 0 Å². The molecule has 0 amide bonds.